The fourth-order valence-electron chi connectivity index (χ4n) is 4.25. The van der Waals surface area contributed by atoms with Gasteiger partial charge < -0.3 is 15.2 Å². The number of likely N-dealkylation sites (tertiary alicyclic amines) is 1. The third kappa shape index (κ3) is 5.06. The average molecular weight is 441 g/mol. The first-order valence-electron chi connectivity index (χ1n) is 10.5. The molecule has 1 saturated heterocycles. The zero-order valence-corrected chi connectivity index (χ0v) is 17.9. The van der Waals surface area contributed by atoms with E-state index in [9.17, 15) is 14.9 Å². The number of amides is 1. The maximum Gasteiger partial charge on any atom is 0.270 e. The van der Waals surface area contributed by atoms with Gasteiger partial charge in [-0.3, -0.25) is 14.9 Å². The summed E-state index contributed by atoms with van der Waals surface area (Å²) in [6.45, 7) is 3.66. The molecule has 1 atom stereocenters. The Hall–Kier alpha value is -2.90. The molecule has 1 aromatic heterocycles. The van der Waals surface area contributed by atoms with Gasteiger partial charge in [0, 0.05) is 59.7 Å². The number of nitrogens with one attached hydrogen (secondary N) is 2. The van der Waals surface area contributed by atoms with Crippen LogP contribution in [0.5, 0.6) is 0 Å². The van der Waals surface area contributed by atoms with Crippen LogP contribution in [0.1, 0.15) is 36.3 Å². The first-order valence-corrected chi connectivity index (χ1v) is 10.9. The fraction of sp³-hybridized carbons (Fsp3) is 0.348. The van der Waals surface area contributed by atoms with E-state index in [2.05, 4.69) is 15.2 Å². The number of fused-ring (bicyclic) bond motifs is 1. The highest BCUT2D eigenvalue weighted by Crippen LogP contribution is 2.35. The summed E-state index contributed by atoms with van der Waals surface area (Å²) in [5, 5.41) is 15.7. The van der Waals surface area contributed by atoms with E-state index in [1.54, 1.807) is 24.3 Å². The number of carbonyl (C=O) groups is 1. The number of nitrogens with zero attached hydrogens (tertiary/aromatic N) is 2. The Morgan fingerprint density at radius 3 is 2.65 bits per heavy atom. The number of H-pyrrole nitrogens is 1. The van der Waals surface area contributed by atoms with Crippen LogP contribution >= 0.6 is 11.6 Å². The lowest BCUT2D eigenvalue weighted by Gasteiger charge is -2.19. The first-order chi connectivity index (χ1) is 15.0. The molecule has 2 aromatic carbocycles. The molecular weight excluding hydrogens is 416 g/mol. The summed E-state index contributed by atoms with van der Waals surface area (Å²) in [5.74, 6) is -0.293. The maximum absolute atomic E-state index is 12.8. The summed E-state index contributed by atoms with van der Waals surface area (Å²) in [6.07, 6.45) is 4.53. The molecule has 0 saturated carbocycles. The lowest BCUT2D eigenvalue weighted by Crippen LogP contribution is -2.34. The van der Waals surface area contributed by atoms with E-state index in [0.29, 0.717) is 11.6 Å². The van der Waals surface area contributed by atoms with Gasteiger partial charge in [0.25, 0.3) is 5.69 Å². The zero-order valence-electron chi connectivity index (χ0n) is 17.1. The third-order valence-corrected chi connectivity index (χ3v) is 6.15. The summed E-state index contributed by atoms with van der Waals surface area (Å²) in [4.78, 5) is 29.2. The van der Waals surface area contributed by atoms with Gasteiger partial charge in [0.1, 0.15) is 0 Å². The highest BCUT2D eigenvalue weighted by atomic mass is 35.5. The monoisotopic (exact) mass is 440 g/mol. The fourth-order valence-corrected chi connectivity index (χ4v) is 4.38. The molecule has 7 nitrogen and oxygen atoms in total. The molecule has 8 heteroatoms. The van der Waals surface area contributed by atoms with Crippen LogP contribution in [0.25, 0.3) is 10.9 Å². The van der Waals surface area contributed by atoms with E-state index in [1.165, 1.54) is 18.9 Å². The number of nitro groups is 1. The number of carbonyl (C=O) groups excluding carboxylic acids is 1. The Morgan fingerprint density at radius 2 is 1.94 bits per heavy atom. The predicted octanol–water partition coefficient (Wildman–Crippen LogP) is 4.46. The van der Waals surface area contributed by atoms with E-state index in [-0.39, 0.29) is 23.9 Å². The highest BCUT2D eigenvalue weighted by molar-refractivity contribution is 6.30. The van der Waals surface area contributed by atoms with E-state index in [0.717, 1.165) is 41.7 Å². The standard InChI is InChI=1S/C23H25ClN4O3/c24-17-5-3-16(4-6-17)19(14-23(29)25-9-12-27-10-1-2-11-27)21-15-26-22-8-7-18(28(30)31)13-20(21)22/h3-8,13,15,19,26H,1-2,9-12,14H2,(H,25,29)/t19-/m1/s1. The number of non-ortho nitro benzene ring substituents is 1. The Kier molecular flexibility index (Phi) is 6.53. The molecule has 0 radical (unpaired) electrons. The molecule has 31 heavy (non-hydrogen) atoms. The number of aromatic nitrogens is 1. The van der Waals surface area contributed by atoms with Crippen molar-refractivity contribution in [1.29, 1.82) is 0 Å². The molecular formula is C23H25ClN4O3. The molecule has 0 aliphatic carbocycles. The zero-order chi connectivity index (χ0) is 21.8. The normalized spacial score (nSPS) is 15.3. The topological polar surface area (TPSA) is 91.3 Å². The summed E-state index contributed by atoms with van der Waals surface area (Å²) < 4.78 is 0. The van der Waals surface area contributed by atoms with Crippen LogP contribution in [-0.4, -0.2) is 46.9 Å². The number of hydrogen-bond donors (Lipinski definition) is 2. The number of benzene rings is 2. The SMILES string of the molecule is O=C(C[C@H](c1ccc(Cl)cc1)c1c[nH]c2ccc([N+](=O)[O-])cc12)NCCN1CCCC1. The van der Waals surface area contributed by atoms with Gasteiger partial charge in [-0.2, -0.15) is 0 Å². The van der Waals surface area contributed by atoms with Crippen molar-refractivity contribution in [3.63, 3.8) is 0 Å². The summed E-state index contributed by atoms with van der Waals surface area (Å²) >= 11 is 6.06. The molecule has 0 spiro atoms. The van der Waals surface area contributed by atoms with Gasteiger partial charge >= 0.3 is 0 Å². The number of hydrogen-bond acceptors (Lipinski definition) is 4. The van der Waals surface area contributed by atoms with Crippen LogP contribution in [0.15, 0.2) is 48.7 Å². The lowest BCUT2D eigenvalue weighted by atomic mass is 9.88. The number of rotatable bonds is 8. The van der Waals surface area contributed by atoms with Crippen molar-refractivity contribution in [2.75, 3.05) is 26.2 Å². The van der Waals surface area contributed by atoms with Gasteiger partial charge in [0.15, 0.2) is 0 Å². The molecule has 1 amide bonds. The largest absolute Gasteiger partial charge is 0.361 e. The van der Waals surface area contributed by atoms with Gasteiger partial charge in [0.05, 0.1) is 4.92 Å². The molecule has 3 aromatic rings. The van der Waals surface area contributed by atoms with Gasteiger partial charge in [0.2, 0.25) is 5.91 Å². The Morgan fingerprint density at radius 1 is 1.19 bits per heavy atom. The summed E-state index contributed by atoms with van der Waals surface area (Å²) in [6, 6.07) is 12.1. The second-order valence-electron chi connectivity index (χ2n) is 7.94. The minimum atomic E-state index is -0.404. The maximum atomic E-state index is 12.8. The van der Waals surface area contributed by atoms with Crippen molar-refractivity contribution in [3.8, 4) is 0 Å². The molecule has 0 bridgehead atoms. The average Bonchev–Trinajstić information content (AvgIpc) is 3.42. The number of halogens is 1. The van der Waals surface area contributed by atoms with Crippen LogP contribution < -0.4 is 5.32 Å². The third-order valence-electron chi connectivity index (χ3n) is 5.89. The molecule has 1 aliphatic rings. The van der Waals surface area contributed by atoms with Crippen LogP contribution in [0.2, 0.25) is 5.02 Å². The van der Waals surface area contributed by atoms with Crippen molar-refractivity contribution in [2.45, 2.75) is 25.2 Å². The predicted molar refractivity (Wildman–Crippen MR) is 122 cm³/mol. The van der Waals surface area contributed by atoms with E-state index >= 15 is 0 Å². The quantitative estimate of drug-likeness (QED) is 0.399. The first kappa shape index (κ1) is 21.3. The van der Waals surface area contributed by atoms with E-state index < -0.39 is 4.92 Å². The van der Waals surface area contributed by atoms with E-state index in [1.807, 2.05) is 18.3 Å². The minimum Gasteiger partial charge on any atom is -0.361 e. The van der Waals surface area contributed by atoms with Gasteiger partial charge in [-0.05, 0) is 55.3 Å². The molecule has 1 aliphatic heterocycles. The van der Waals surface area contributed by atoms with Crippen LogP contribution in [-0.2, 0) is 4.79 Å². The van der Waals surface area contributed by atoms with Crippen LogP contribution in [0, 0.1) is 10.1 Å². The summed E-state index contributed by atoms with van der Waals surface area (Å²) in [7, 11) is 0. The van der Waals surface area contributed by atoms with Crippen molar-refractivity contribution >= 4 is 34.1 Å². The van der Waals surface area contributed by atoms with Gasteiger partial charge in [-0.1, -0.05) is 23.7 Å². The smallest absolute Gasteiger partial charge is 0.270 e. The molecule has 0 unspecified atom stereocenters. The second-order valence-corrected chi connectivity index (χ2v) is 8.37. The van der Waals surface area contributed by atoms with Crippen LogP contribution in [0.4, 0.5) is 5.69 Å². The number of aromatic amines is 1. The summed E-state index contributed by atoms with van der Waals surface area (Å²) in [5.41, 5.74) is 2.62. The van der Waals surface area contributed by atoms with Crippen molar-refractivity contribution < 1.29 is 9.72 Å². The Balaban J connectivity index is 1.58. The number of nitro benzene ring substituents is 1. The van der Waals surface area contributed by atoms with Crippen LogP contribution in [0.3, 0.4) is 0 Å². The Labute approximate surface area is 185 Å². The van der Waals surface area contributed by atoms with Crippen molar-refractivity contribution in [3.05, 3.63) is 74.9 Å². The second kappa shape index (κ2) is 9.49. The van der Waals surface area contributed by atoms with Crippen molar-refractivity contribution in [1.82, 2.24) is 15.2 Å². The minimum absolute atomic E-state index is 0.0262. The van der Waals surface area contributed by atoms with Crippen molar-refractivity contribution in [2.24, 2.45) is 0 Å². The molecule has 2 heterocycles. The van der Waals surface area contributed by atoms with Gasteiger partial charge in [-0.25, -0.2) is 0 Å². The Bertz CT molecular complexity index is 1070. The van der Waals surface area contributed by atoms with E-state index in [4.69, 9.17) is 11.6 Å². The molecule has 4 rings (SSSR count). The molecule has 162 valence electrons. The highest BCUT2D eigenvalue weighted by Gasteiger charge is 2.23. The lowest BCUT2D eigenvalue weighted by molar-refractivity contribution is -0.384. The van der Waals surface area contributed by atoms with Gasteiger partial charge in [-0.15, -0.1) is 0 Å². The molecule has 1 fully saturated rings. The molecule has 2 N–H and O–H groups in total.